The summed E-state index contributed by atoms with van der Waals surface area (Å²) in [5, 5.41) is 17.3. The molecule has 28 heavy (non-hydrogen) atoms. The summed E-state index contributed by atoms with van der Waals surface area (Å²) in [4.78, 5) is 16.9. The standard InChI is InChI=1S/C20H19N5O3/c26-25(27)17-6-4-16(5-7-17)19-9-8-18(28-19)15-22-24-13-11-23(12-14-24)20-3-1-2-10-21-20/h1-10,15H,11-14H2. The predicted octanol–water partition coefficient (Wildman–Crippen LogP) is 3.41. The Morgan fingerprint density at radius 2 is 1.82 bits per heavy atom. The largest absolute Gasteiger partial charge is 0.455 e. The number of hydrogen-bond donors (Lipinski definition) is 0. The molecule has 0 radical (unpaired) electrons. The molecule has 1 fully saturated rings. The third-order valence-electron chi connectivity index (χ3n) is 4.57. The number of piperazine rings is 1. The Kier molecular flexibility index (Phi) is 5.01. The van der Waals surface area contributed by atoms with Crippen molar-refractivity contribution in [3.63, 3.8) is 0 Å². The lowest BCUT2D eigenvalue weighted by Gasteiger charge is -2.33. The lowest BCUT2D eigenvalue weighted by molar-refractivity contribution is -0.384. The van der Waals surface area contributed by atoms with Gasteiger partial charge in [-0.2, -0.15) is 5.10 Å². The average molecular weight is 377 g/mol. The minimum Gasteiger partial charge on any atom is -0.455 e. The monoisotopic (exact) mass is 377 g/mol. The molecule has 0 bridgehead atoms. The molecular formula is C20H19N5O3. The number of benzene rings is 1. The first kappa shape index (κ1) is 17.7. The molecule has 142 valence electrons. The second kappa shape index (κ2) is 7.91. The molecule has 1 aliphatic rings. The number of hydrogen-bond acceptors (Lipinski definition) is 7. The van der Waals surface area contributed by atoms with Crippen molar-refractivity contribution in [3.05, 3.63) is 76.7 Å². The van der Waals surface area contributed by atoms with Crippen molar-refractivity contribution in [2.45, 2.75) is 0 Å². The number of anilines is 1. The second-order valence-electron chi connectivity index (χ2n) is 6.38. The van der Waals surface area contributed by atoms with Crippen LogP contribution in [0.2, 0.25) is 0 Å². The van der Waals surface area contributed by atoms with Crippen LogP contribution in [0.5, 0.6) is 0 Å². The van der Waals surface area contributed by atoms with Crippen LogP contribution >= 0.6 is 0 Å². The quantitative estimate of drug-likeness (QED) is 0.385. The van der Waals surface area contributed by atoms with Crippen molar-refractivity contribution in [3.8, 4) is 11.3 Å². The van der Waals surface area contributed by atoms with E-state index in [-0.39, 0.29) is 5.69 Å². The van der Waals surface area contributed by atoms with Crippen molar-refractivity contribution in [1.82, 2.24) is 9.99 Å². The maximum absolute atomic E-state index is 10.7. The summed E-state index contributed by atoms with van der Waals surface area (Å²) in [5.74, 6) is 2.28. The Hall–Kier alpha value is -3.68. The predicted molar refractivity (Wildman–Crippen MR) is 106 cm³/mol. The molecule has 0 amide bonds. The summed E-state index contributed by atoms with van der Waals surface area (Å²) in [6.45, 7) is 3.34. The van der Waals surface area contributed by atoms with Gasteiger partial charge in [-0.05, 0) is 36.4 Å². The number of hydrazone groups is 1. The summed E-state index contributed by atoms with van der Waals surface area (Å²) in [6.07, 6.45) is 3.50. The first-order valence-corrected chi connectivity index (χ1v) is 8.98. The molecule has 3 aromatic rings. The minimum absolute atomic E-state index is 0.0573. The van der Waals surface area contributed by atoms with Crippen LogP contribution in [0.15, 0.2) is 70.3 Å². The van der Waals surface area contributed by atoms with Crippen LogP contribution < -0.4 is 4.90 Å². The number of aromatic nitrogens is 1. The smallest absolute Gasteiger partial charge is 0.269 e. The highest BCUT2D eigenvalue weighted by Gasteiger charge is 2.16. The first-order valence-electron chi connectivity index (χ1n) is 8.98. The number of rotatable bonds is 5. The van der Waals surface area contributed by atoms with E-state index in [2.05, 4.69) is 15.0 Å². The summed E-state index contributed by atoms with van der Waals surface area (Å²) < 4.78 is 5.79. The van der Waals surface area contributed by atoms with Crippen molar-refractivity contribution in [1.29, 1.82) is 0 Å². The summed E-state index contributed by atoms with van der Waals surface area (Å²) in [6, 6.07) is 15.9. The highest BCUT2D eigenvalue weighted by molar-refractivity contribution is 5.77. The highest BCUT2D eigenvalue weighted by Crippen LogP contribution is 2.24. The molecule has 0 saturated carbocycles. The number of non-ortho nitro benzene ring substituents is 1. The molecule has 4 rings (SSSR count). The van der Waals surface area contributed by atoms with E-state index in [1.54, 1.807) is 24.5 Å². The third kappa shape index (κ3) is 4.01. The SMILES string of the molecule is O=[N+]([O-])c1ccc(-c2ccc(C=NN3CCN(c4ccccn4)CC3)o2)cc1. The maximum atomic E-state index is 10.7. The molecule has 0 aliphatic carbocycles. The zero-order chi connectivity index (χ0) is 19.3. The number of nitrogens with zero attached hydrogens (tertiary/aromatic N) is 5. The van der Waals surface area contributed by atoms with Crippen LogP contribution in [0.25, 0.3) is 11.3 Å². The first-order chi connectivity index (χ1) is 13.7. The highest BCUT2D eigenvalue weighted by atomic mass is 16.6. The van der Waals surface area contributed by atoms with Crippen molar-refractivity contribution < 1.29 is 9.34 Å². The van der Waals surface area contributed by atoms with Gasteiger partial charge >= 0.3 is 0 Å². The summed E-state index contributed by atoms with van der Waals surface area (Å²) >= 11 is 0. The Labute approximate surface area is 161 Å². The van der Waals surface area contributed by atoms with Gasteiger partial charge in [0.2, 0.25) is 0 Å². The van der Waals surface area contributed by atoms with E-state index in [1.165, 1.54) is 12.1 Å². The molecule has 0 unspecified atom stereocenters. The van der Waals surface area contributed by atoms with E-state index in [0.29, 0.717) is 11.5 Å². The molecule has 1 aliphatic heterocycles. The zero-order valence-electron chi connectivity index (χ0n) is 15.1. The minimum atomic E-state index is -0.419. The normalized spacial score (nSPS) is 14.6. The maximum Gasteiger partial charge on any atom is 0.269 e. The Bertz CT molecular complexity index is 961. The number of nitro groups is 1. The van der Waals surface area contributed by atoms with Crippen molar-refractivity contribution >= 4 is 17.7 Å². The fraction of sp³-hybridized carbons (Fsp3) is 0.200. The second-order valence-corrected chi connectivity index (χ2v) is 6.38. The van der Waals surface area contributed by atoms with Crippen molar-refractivity contribution in [2.24, 2.45) is 5.10 Å². The topological polar surface area (TPSA) is 88.0 Å². The van der Waals surface area contributed by atoms with Crippen LogP contribution in [0.4, 0.5) is 11.5 Å². The Morgan fingerprint density at radius 3 is 2.50 bits per heavy atom. The van der Waals surface area contributed by atoms with Gasteiger partial charge in [0, 0.05) is 37.0 Å². The molecule has 1 saturated heterocycles. The van der Waals surface area contributed by atoms with Gasteiger partial charge < -0.3 is 9.32 Å². The lowest BCUT2D eigenvalue weighted by Crippen LogP contribution is -2.44. The van der Waals surface area contributed by atoms with Gasteiger partial charge in [-0.3, -0.25) is 15.1 Å². The molecule has 0 spiro atoms. The van der Waals surface area contributed by atoms with Crippen molar-refractivity contribution in [2.75, 3.05) is 31.1 Å². The molecule has 0 atom stereocenters. The van der Waals surface area contributed by atoms with E-state index in [9.17, 15) is 10.1 Å². The molecule has 0 N–H and O–H groups in total. The zero-order valence-corrected chi connectivity index (χ0v) is 15.1. The van der Waals surface area contributed by atoms with E-state index in [1.807, 2.05) is 35.3 Å². The average Bonchev–Trinajstić information content (AvgIpc) is 3.22. The molecule has 3 heterocycles. The fourth-order valence-corrected chi connectivity index (χ4v) is 3.04. The Balaban J connectivity index is 1.35. The van der Waals surface area contributed by atoms with Crippen LogP contribution in [0.1, 0.15) is 5.76 Å². The van der Waals surface area contributed by atoms with Crippen LogP contribution in [0.3, 0.4) is 0 Å². The molecule has 2 aromatic heterocycles. The van der Waals surface area contributed by atoms with Gasteiger partial charge in [-0.15, -0.1) is 0 Å². The van der Waals surface area contributed by atoms with Crippen LogP contribution in [0, 0.1) is 10.1 Å². The van der Waals surface area contributed by atoms with Gasteiger partial charge in [0.15, 0.2) is 0 Å². The third-order valence-corrected chi connectivity index (χ3v) is 4.57. The molecular weight excluding hydrogens is 358 g/mol. The van der Waals surface area contributed by atoms with E-state index in [4.69, 9.17) is 4.42 Å². The van der Waals surface area contributed by atoms with Gasteiger partial charge in [0.05, 0.1) is 24.2 Å². The molecule has 1 aromatic carbocycles. The molecule has 8 nitrogen and oxygen atoms in total. The van der Waals surface area contributed by atoms with Gasteiger partial charge in [-0.25, -0.2) is 4.98 Å². The summed E-state index contributed by atoms with van der Waals surface area (Å²) in [5.41, 5.74) is 0.844. The van der Waals surface area contributed by atoms with E-state index < -0.39 is 4.92 Å². The number of furan rings is 1. The van der Waals surface area contributed by atoms with Gasteiger partial charge in [0.1, 0.15) is 17.3 Å². The molecule has 8 heteroatoms. The fourth-order valence-electron chi connectivity index (χ4n) is 3.04. The van der Waals surface area contributed by atoms with Crippen LogP contribution in [-0.2, 0) is 0 Å². The number of nitro benzene ring substituents is 1. The van der Waals surface area contributed by atoms with E-state index >= 15 is 0 Å². The number of pyridine rings is 1. The van der Waals surface area contributed by atoms with Gasteiger partial charge in [-0.1, -0.05) is 6.07 Å². The summed E-state index contributed by atoms with van der Waals surface area (Å²) in [7, 11) is 0. The lowest BCUT2D eigenvalue weighted by atomic mass is 10.1. The Morgan fingerprint density at radius 1 is 1.04 bits per heavy atom. The van der Waals surface area contributed by atoms with E-state index in [0.717, 1.165) is 37.6 Å². The van der Waals surface area contributed by atoms with Gasteiger partial charge in [0.25, 0.3) is 5.69 Å². The van der Waals surface area contributed by atoms with Crippen LogP contribution in [-0.4, -0.2) is 47.3 Å².